The number of halogens is 4. The summed E-state index contributed by atoms with van der Waals surface area (Å²) in [5, 5.41) is 0. The van der Waals surface area contributed by atoms with Crippen molar-refractivity contribution in [1.29, 1.82) is 0 Å². The van der Waals surface area contributed by atoms with E-state index in [1.165, 1.54) is 0 Å². The van der Waals surface area contributed by atoms with Gasteiger partial charge in [-0.25, -0.2) is 4.39 Å². The minimum absolute atomic E-state index is 0.482. The van der Waals surface area contributed by atoms with E-state index in [9.17, 15) is 26.0 Å². The third-order valence-electron chi connectivity index (χ3n) is 1.74. The summed E-state index contributed by atoms with van der Waals surface area (Å²) in [6, 6.07) is 3.22. The first-order chi connectivity index (χ1) is 7.59. The van der Waals surface area contributed by atoms with Crippen molar-refractivity contribution in [3.63, 3.8) is 0 Å². The third kappa shape index (κ3) is 4.31. The summed E-state index contributed by atoms with van der Waals surface area (Å²) in [6.07, 6.45) is -7.02. The fraction of sp³-hybridized carbons (Fsp3) is 0.333. The Morgan fingerprint density at radius 2 is 1.65 bits per heavy atom. The van der Waals surface area contributed by atoms with Crippen LogP contribution in [-0.2, 0) is 14.3 Å². The number of rotatable bonds is 3. The summed E-state index contributed by atoms with van der Waals surface area (Å²) >= 11 is 0. The molecule has 0 saturated carbocycles. The zero-order valence-corrected chi connectivity index (χ0v) is 9.35. The van der Waals surface area contributed by atoms with Gasteiger partial charge in [0.25, 0.3) is 10.1 Å². The van der Waals surface area contributed by atoms with E-state index in [0.717, 1.165) is 24.3 Å². The molecule has 0 aliphatic rings. The molecule has 0 N–H and O–H groups in total. The van der Waals surface area contributed by atoms with Gasteiger partial charge in [0.1, 0.15) is 5.82 Å². The zero-order valence-electron chi connectivity index (χ0n) is 8.53. The first-order valence-electron chi connectivity index (χ1n) is 4.30. The molecule has 0 fully saturated rings. The molecule has 17 heavy (non-hydrogen) atoms. The van der Waals surface area contributed by atoms with Gasteiger partial charge in [-0.05, 0) is 17.7 Å². The molecular weight excluding hydrogens is 264 g/mol. The molecule has 0 amide bonds. The van der Waals surface area contributed by atoms with E-state index in [0.29, 0.717) is 6.26 Å². The largest absolute Gasteiger partial charge is 0.420 e. The topological polar surface area (TPSA) is 43.4 Å². The maximum Gasteiger partial charge on any atom is 0.420 e. The lowest BCUT2D eigenvalue weighted by molar-refractivity contribution is -0.196. The Bertz CT molecular complexity index is 478. The quantitative estimate of drug-likeness (QED) is 0.627. The number of hydrogen-bond acceptors (Lipinski definition) is 3. The highest BCUT2D eigenvalue weighted by molar-refractivity contribution is 7.86. The summed E-state index contributed by atoms with van der Waals surface area (Å²) in [5.41, 5.74) is -0.482. The molecule has 3 nitrogen and oxygen atoms in total. The van der Waals surface area contributed by atoms with E-state index in [1.54, 1.807) is 0 Å². The van der Waals surface area contributed by atoms with Crippen LogP contribution in [-0.4, -0.2) is 20.8 Å². The van der Waals surface area contributed by atoms with Crippen LogP contribution in [0.1, 0.15) is 11.7 Å². The minimum Gasteiger partial charge on any atom is -0.252 e. The van der Waals surface area contributed by atoms with Crippen molar-refractivity contribution in [2.45, 2.75) is 12.3 Å². The maximum atomic E-state index is 12.6. The molecule has 0 radical (unpaired) electrons. The lowest BCUT2D eigenvalue weighted by Crippen LogP contribution is -2.25. The van der Waals surface area contributed by atoms with Gasteiger partial charge in [0.15, 0.2) is 6.10 Å². The first-order valence-corrected chi connectivity index (χ1v) is 6.12. The van der Waals surface area contributed by atoms with E-state index < -0.39 is 33.8 Å². The van der Waals surface area contributed by atoms with Gasteiger partial charge in [0, 0.05) is 0 Å². The smallest absolute Gasteiger partial charge is 0.252 e. The lowest BCUT2D eigenvalue weighted by Gasteiger charge is -2.19. The van der Waals surface area contributed by atoms with Crippen molar-refractivity contribution >= 4 is 10.1 Å². The van der Waals surface area contributed by atoms with Crippen LogP contribution < -0.4 is 0 Å². The SMILES string of the molecule is CS(=O)(=O)OC(c1ccc(F)cc1)C(F)(F)F. The van der Waals surface area contributed by atoms with Crippen molar-refractivity contribution in [1.82, 2.24) is 0 Å². The molecule has 0 aliphatic carbocycles. The summed E-state index contributed by atoms with van der Waals surface area (Å²) in [4.78, 5) is 0. The first kappa shape index (κ1) is 13.9. The molecular formula is C9H8F4O3S. The van der Waals surface area contributed by atoms with Gasteiger partial charge in [-0.2, -0.15) is 21.6 Å². The van der Waals surface area contributed by atoms with E-state index in [4.69, 9.17) is 0 Å². The van der Waals surface area contributed by atoms with Crippen molar-refractivity contribution in [2.75, 3.05) is 6.26 Å². The number of hydrogen-bond donors (Lipinski definition) is 0. The fourth-order valence-electron chi connectivity index (χ4n) is 1.11. The molecule has 1 rings (SSSR count). The fourth-order valence-corrected chi connectivity index (χ4v) is 1.68. The van der Waals surface area contributed by atoms with E-state index in [-0.39, 0.29) is 0 Å². The zero-order chi connectivity index (χ0) is 13.3. The molecule has 0 heterocycles. The molecule has 0 spiro atoms. The molecule has 1 atom stereocenters. The molecule has 0 bridgehead atoms. The Morgan fingerprint density at radius 1 is 1.18 bits per heavy atom. The van der Waals surface area contributed by atoms with Gasteiger partial charge in [-0.1, -0.05) is 12.1 Å². The average molecular weight is 272 g/mol. The van der Waals surface area contributed by atoms with Crippen LogP contribution in [0.2, 0.25) is 0 Å². The Balaban J connectivity index is 3.12. The second kappa shape index (κ2) is 4.61. The van der Waals surface area contributed by atoms with Gasteiger partial charge in [-0.15, -0.1) is 0 Å². The van der Waals surface area contributed by atoms with Crippen molar-refractivity contribution in [3.8, 4) is 0 Å². The van der Waals surface area contributed by atoms with Gasteiger partial charge in [0.2, 0.25) is 0 Å². The standard InChI is InChI=1S/C9H8F4O3S/c1-17(14,15)16-8(9(11,12)13)6-2-4-7(10)5-3-6/h2-5,8H,1H3. The predicted molar refractivity (Wildman–Crippen MR) is 51.1 cm³/mol. The van der Waals surface area contributed by atoms with E-state index in [2.05, 4.69) is 4.18 Å². The monoisotopic (exact) mass is 272 g/mol. The molecule has 8 heteroatoms. The average Bonchev–Trinajstić information content (AvgIpc) is 2.13. The summed E-state index contributed by atoms with van der Waals surface area (Å²) in [5.74, 6) is -0.728. The summed E-state index contributed by atoms with van der Waals surface area (Å²) in [7, 11) is -4.28. The Hall–Kier alpha value is -1.15. The molecule has 0 aliphatic heterocycles. The molecule has 0 saturated heterocycles. The second-order valence-corrected chi connectivity index (χ2v) is 4.87. The summed E-state index contributed by atoms with van der Waals surface area (Å²) < 4.78 is 75.6. The van der Waals surface area contributed by atoms with Crippen LogP contribution in [0.3, 0.4) is 0 Å². The van der Waals surface area contributed by atoms with Crippen LogP contribution >= 0.6 is 0 Å². The molecule has 1 aromatic rings. The van der Waals surface area contributed by atoms with Crippen LogP contribution in [0.5, 0.6) is 0 Å². The Labute approximate surface area is 95.1 Å². The molecule has 0 aromatic heterocycles. The van der Waals surface area contributed by atoms with Crippen LogP contribution in [0.4, 0.5) is 17.6 Å². The van der Waals surface area contributed by atoms with Crippen molar-refractivity contribution in [2.24, 2.45) is 0 Å². The molecule has 96 valence electrons. The Kier molecular flexibility index (Phi) is 3.78. The molecule has 1 unspecified atom stereocenters. The third-order valence-corrected chi connectivity index (χ3v) is 2.28. The highest BCUT2D eigenvalue weighted by atomic mass is 32.2. The van der Waals surface area contributed by atoms with E-state index >= 15 is 0 Å². The highest BCUT2D eigenvalue weighted by Crippen LogP contribution is 2.36. The van der Waals surface area contributed by atoms with Crippen molar-refractivity contribution in [3.05, 3.63) is 35.6 Å². The summed E-state index contributed by atoms with van der Waals surface area (Å²) in [6.45, 7) is 0. The van der Waals surface area contributed by atoms with Gasteiger partial charge < -0.3 is 0 Å². The van der Waals surface area contributed by atoms with Gasteiger partial charge in [0.05, 0.1) is 6.26 Å². The normalized spacial score (nSPS) is 14.6. The number of benzene rings is 1. The van der Waals surface area contributed by atoms with Crippen LogP contribution in [0.25, 0.3) is 0 Å². The second-order valence-electron chi connectivity index (χ2n) is 3.27. The molecule has 1 aromatic carbocycles. The highest BCUT2D eigenvalue weighted by Gasteiger charge is 2.44. The van der Waals surface area contributed by atoms with Crippen molar-refractivity contribution < 1.29 is 30.2 Å². The predicted octanol–water partition coefficient (Wildman–Crippen LogP) is 2.41. The maximum absolute atomic E-state index is 12.6. The van der Waals surface area contributed by atoms with Crippen LogP contribution in [0.15, 0.2) is 24.3 Å². The van der Waals surface area contributed by atoms with Gasteiger partial charge in [-0.3, -0.25) is 4.18 Å². The number of alkyl halides is 3. The lowest BCUT2D eigenvalue weighted by atomic mass is 10.1. The Morgan fingerprint density at radius 3 is 2.00 bits per heavy atom. The van der Waals surface area contributed by atoms with E-state index in [1.807, 2.05) is 0 Å². The minimum atomic E-state index is -4.90. The van der Waals surface area contributed by atoms with Crippen LogP contribution in [0, 0.1) is 5.82 Å². The van der Waals surface area contributed by atoms with Gasteiger partial charge >= 0.3 is 6.18 Å².